The van der Waals surface area contributed by atoms with E-state index in [-0.39, 0.29) is 6.10 Å². The second kappa shape index (κ2) is 6.32. The summed E-state index contributed by atoms with van der Waals surface area (Å²) < 4.78 is 5.83. The van der Waals surface area contributed by atoms with Crippen LogP contribution in [0, 0.1) is 6.92 Å². The fourth-order valence-electron chi connectivity index (χ4n) is 2.71. The number of hydrogen-bond acceptors (Lipinski definition) is 3. The van der Waals surface area contributed by atoms with E-state index in [9.17, 15) is 0 Å². The van der Waals surface area contributed by atoms with Gasteiger partial charge in [-0.1, -0.05) is 36.8 Å². The van der Waals surface area contributed by atoms with E-state index in [0.29, 0.717) is 12.6 Å². The van der Waals surface area contributed by atoms with Gasteiger partial charge in [-0.05, 0) is 25.5 Å². The van der Waals surface area contributed by atoms with Crippen molar-refractivity contribution >= 4 is 0 Å². The zero-order valence-electron chi connectivity index (χ0n) is 11.4. The fourth-order valence-corrected chi connectivity index (χ4v) is 2.71. The molecular formula is C15H24N2O. The first-order valence-corrected chi connectivity index (χ1v) is 6.88. The van der Waals surface area contributed by atoms with Crippen molar-refractivity contribution in [3.63, 3.8) is 0 Å². The van der Waals surface area contributed by atoms with Crippen molar-refractivity contribution < 1.29 is 4.74 Å². The maximum absolute atomic E-state index is 5.87. The molecule has 0 saturated carbocycles. The lowest BCUT2D eigenvalue weighted by atomic mass is 9.97. The molecule has 1 aliphatic rings. The van der Waals surface area contributed by atoms with E-state index in [4.69, 9.17) is 10.5 Å². The van der Waals surface area contributed by atoms with Gasteiger partial charge in [-0.3, -0.25) is 4.90 Å². The normalized spacial score (nSPS) is 25.3. The minimum Gasteiger partial charge on any atom is -0.374 e. The van der Waals surface area contributed by atoms with Crippen LogP contribution in [0.3, 0.4) is 0 Å². The summed E-state index contributed by atoms with van der Waals surface area (Å²) in [4.78, 5) is 2.51. The van der Waals surface area contributed by atoms with E-state index in [1.165, 1.54) is 17.5 Å². The molecule has 0 aromatic heterocycles. The number of nitrogens with zero attached hydrogens (tertiary/aromatic N) is 1. The number of aryl methyl sites for hydroxylation is 1. The second-order valence-corrected chi connectivity index (χ2v) is 5.04. The molecule has 3 heteroatoms. The second-order valence-electron chi connectivity index (χ2n) is 5.04. The lowest BCUT2D eigenvalue weighted by molar-refractivity contribution is -0.0676. The first kappa shape index (κ1) is 13.5. The molecule has 0 aliphatic carbocycles. The number of morpholine rings is 1. The van der Waals surface area contributed by atoms with E-state index in [2.05, 4.69) is 43.0 Å². The van der Waals surface area contributed by atoms with Crippen molar-refractivity contribution in [1.82, 2.24) is 4.90 Å². The SMILES string of the molecule is CCCN1CCOC(CN)C1c1ccc(C)cc1. The third kappa shape index (κ3) is 2.91. The Hall–Kier alpha value is -0.900. The Morgan fingerprint density at radius 2 is 2.06 bits per heavy atom. The van der Waals surface area contributed by atoms with Crippen LogP contribution in [0.1, 0.15) is 30.5 Å². The Morgan fingerprint density at radius 1 is 1.33 bits per heavy atom. The van der Waals surface area contributed by atoms with Crippen molar-refractivity contribution in [3.8, 4) is 0 Å². The van der Waals surface area contributed by atoms with Crippen LogP contribution in [0.15, 0.2) is 24.3 Å². The molecule has 2 N–H and O–H groups in total. The van der Waals surface area contributed by atoms with E-state index < -0.39 is 0 Å². The summed E-state index contributed by atoms with van der Waals surface area (Å²) in [7, 11) is 0. The molecule has 3 nitrogen and oxygen atoms in total. The lowest BCUT2D eigenvalue weighted by Gasteiger charge is -2.41. The van der Waals surface area contributed by atoms with Gasteiger partial charge in [0.25, 0.3) is 0 Å². The van der Waals surface area contributed by atoms with Crippen LogP contribution >= 0.6 is 0 Å². The number of rotatable bonds is 4. The summed E-state index contributed by atoms with van der Waals surface area (Å²) in [5.41, 5.74) is 8.48. The molecule has 0 bridgehead atoms. The molecule has 1 aliphatic heterocycles. The maximum Gasteiger partial charge on any atom is 0.0894 e. The first-order valence-electron chi connectivity index (χ1n) is 6.88. The highest BCUT2D eigenvalue weighted by Crippen LogP contribution is 2.29. The molecule has 1 aromatic carbocycles. The molecule has 0 spiro atoms. The van der Waals surface area contributed by atoms with Gasteiger partial charge in [-0.15, -0.1) is 0 Å². The largest absolute Gasteiger partial charge is 0.374 e. The van der Waals surface area contributed by atoms with Gasteiger partial charge in [0.05, 0.1) is 18.8 Å². The quantitative estimate of drug-likeness (QED) is 0.887. The molecule has 1 aromatic rings. The molecule has 2 rings (SSSR count). The van der Waals surface area contributed by atoms with Crippen molar-refractivity contribution in [1.29, 1.82) is 0 Å². The Labute approximate surface area is 110 Å². The Kier molecular flexibility index (Phi) is 4.75. The average Bonchev–Trinajstić information content (AvgIpc) is 2.40. The lowest BCUT2D eigenvalue weighted by Crippen LogP contribution is -2.48. The zero-order chi connectivity index (χ0) is 13.0. The zero-order valence-corrected chi connectivity index (χ0v) is 11.4. The summed E-state index contributed by atoms with van der Waals surface area (Å²) in [5.74, 6) is 0. The van der Waals surface area contributed by atoms with Crippen LogP contribution in [-0.4, -0.2) is 37.2 Å². The molecule has 18 heavy (non-hydrogen) atoms. The molecular weight excluding hydrogens is 224 g/mol. The number of nitrogens with two attached hydrogens (primary N) is 1. The van der Waals surface area contributed by atoms with E-state index >= 15 is 0 Å². The molecule has 100 valence electrons. The smallest absolute Gasteiger partial charge is 0.0894 e. The first-order chi connectivity index (χ1) is 8.76. The van der Waals surface area contributed by atoms with Gasteiger partial charge in [0.15, 0.2) is 0 Å². The van der Waals surface area contributed by atoms with Crippen LogP contribution in [0.4, 0.5) is 0 Å². The minimum atomic E-state index is 0.119. The van der Waals surface area contributed by atoms with Gasteiger partial charge < -0.3 is 10.5 Å². The molecule has 1 heterocycles. The van der Waals surface area contributed by atoms with Crippen LogP contribution in [-0.2, 0) is 4.74 Å². The van der Waals surface area contributed by atoms with Gasteiger partial charge in [0.2, 0.25) is 0 Å². The monoisotopic (exact) mass is 248 g/mol. The number of ether oxygens (including phenoxy) is 1. The topological polar surface area (TPSA) is 38.5 Å². The van der Waals surface area contributed by atoms with Gasteiger partial charge in [0, 0.05) is 13.1 Å². The maximum atomic E-state index is 5.87. The van der Waals surface area contributed by atoms with Crippen LogP contribution in [0.25, 0.3) is 0 Å². The van der Waals surface area contributed by atoms with Gasteiger partial charge in [-0.25, -0.2) is 0 Å². The van der Waals surface area contributed by atoms with Crippen molar-refractivity contribution in [2.45, 2.75) is 32.4 Å². The van der Waals surface area contributed by atoms with Crippen LogP contribution < -0.4 is 5.73 Å². The third-order valence-corrected chi connectivity index (χ3v) is 3.62. The van der Waals surface area contributed by atoms with E-state index in [0.717, 1.165) is 19.7 Å². The molecule has 2 atom stereocenters. The summed E-state index contributed by atoms with van der Waals surface area (Å²) in [6, 6.07) is 9.06. The van der Waals surface area contributed by atoms with Crippen molar-refractivity contribution in [2.24, 2.45) is 5.73 Å². The van der Waals surface area contributed by atoms with Crippen molar-refractivity contribution in [3.05, 3.63) is 35.4 Å². The minimum absolute atomic E-state index is 0.119. The summed E-state index contributed by atoms with van der Waals surface area (Å²) >= 11 is 0. The highest BCUT2D eigenvalue weighted by molar-refractivity contribution is 5.25. The molecule has 1 fully saturated rings. The molecule has 2 unspecified atom stereocenters. The highest BCUT2D eigenvalue weighted by atomic mass is 16.5. The van der Waals surface area contributed by atoms with Gasteiger partial charge >= 0.3 is 0 Å². The number of hydrogen-bond donors (Lipinski definition) is 1. The summed E-state index contributed by atoms with van der Waals surface area (Å²) in [5, 5.41) is 0. The van der Waals surface area contributed by atoms with Crippen molar-refractivity contribution in [2.75, 3.05) is 26.2 Å². The molecule has 0 amide bonds. The molecule has 0 radical (unpaired) electrons. The average molecular weight is 248 g/mol. The van der Waals surface area contributed by atoms with Crippen LogP contribution in [0.5, 0.6) is 0 Å². The Morgan fingerprint density at radius 3 is 2.67 bits per heavy atom. The van der Waals surface area contributed by atoms with E-state index in [1.807, 2.05) is 0 Å². The van der Waals surface area contributed by atoms with Crippen LogP contribution in [0.2, 0.25) is 0 Å². The number of benzene rings is 1. The predicted octanol–water partition coefficient (Wildman–Crippen LogP) is 2.11. The fraction of sp³-hybridized carbons (Fsp3) is 0.600. The van der Waals surface area contributed by atoms with Gasteiger partial charge in [-0.2, -0.15) is 0 Å². The summed E-state index contributed by atoms with van der Waals surface area (Å²) in [6.45, 7) is 7.83. The standard InChI is InChI=1S/C15H24N2O/c1-3-8-17-9-10-18-14(11-16)15(17)13-6-4-12(2)5-7-13/h4-7,14-15H,3,8-11,16H2,1-2H3. The third-order valence-electron chi connectivity index (χ3n) is 3.62. The highest BCUT2D eigenvalue weighted by Gasteiger charge is 2.31. The predicted molar refractivity (Wildman–Crippen MR) is 74.6 cm³/mol. The Bertz CT molecular complexity index is 361. The summed E-state index contributed by atoms with van der Waals surface area (Å²) in [6.07, 6.45) is 1.28. The Balaban J connectivity index is 2.24. The van der Waals surface area contributed by atoms with E-state index in [1.54, 1.807) is 0 Å². The van der Waals surface area contributed by atoms with Gasteiger partial charge in [0.1, 0.15) is 0 Å². The molecule has 1 saturated heterocycles.